The molecule has 0 spiro atoms. The maximum absolute atomic E-state index is 13.2. The van der Waals surface area contributed by atoms with E-state index in [2.05, 4.69) is 24.1 Å². The summed E-state index contributed by atoms with van der Waals surface area (Å²) in [6.45, 7) is 7.01. The lowest BCUT2D eigenvalue weighted by molar-refractivity contribution is -0.272. The minimum absolute atomic E-state index is 0.00314. The maximum Gasteiger partial charge on any atom is 0.417 e. The van der Waals surface area contributed by atoms with Crippen LogP contribution in [0, 0.1) is 11.8 Å². The van der Waals surface area contributed by atoms with Gasteiger partial charge in [0.05, 0.1) is 28.8 Å². The highest BCUT2D eigenvalue weighted by Crippen LogP contribution is 2.46. The van der Waals surface area contributed by atoms with Gasteiger partial charge in [-0.3, -0.25) is 9.69 Å². The van der Waals surface area contributed by atoms with E-state index in [4.69, 9.17) is 4.98 Å². The number of aliphatic hydroxyl groups is 1. The van der Waals surface area contributed by atoms with Crippen LogP contribution >= 0.6 is 11.3 Å². The number of aromatic nitrogens is 1. The van der Waals surface area contributed by atoms with Crippen LogP contribution in [0.25, 0.3) is 0 Å². The normalized spacial score (nSPS) is 24.5. The highest BCUT2D eigenvalue weighted by Gasteiger charge is 2.54. The summed E-state index contributed by atoms with van der Waals surface area (Å²) in [5.74, 6) is 0.0559. The van der Waals surface area contributed by atoms with E-state index in [1.54, 1.807) is 19.1 Å². The first-order valence-corrected chi connectivity index (χ1v) is 15.3. The van der Waals surface area contributed by atoms with E-state index >= 15 is 0 Å². The summed E-state index contributed by atoms with van der Waals surface area (Å²) in [7, 11) is -3.30. The van der Waals surface area contributed by atoms with Crippen LogP contribution in [0.4, 0.5) is 18.3 Å². The number of benzene rings is 1. The Balaban J connectivity index is 1.36. The van der Waals surface area contributed by atoms with Crippen molar-refractivity contribution < 1.29 is 31.5 Å². The zero-order valence-electron chi connectivity index (χ0n) is 21.7. The van der Waals surface area contributed by atoms with Gasteiger partial charge < -0.3 is 10.4 Å². The molecule has 210 valence electrons. The molecule has 1 fully saturated rings. The number of hydrogen-bond acceptors (Lipinski definition) is 7. The monoisotopic (exact) mass is 573 g/mol. The Hall–Kier alpha value is -2.02. The summed E-state index contributed by atoms with van der Waals surface area (Å²) in [6, 6.07) is 6.30. The molecule has 1 aliphatic heterocycles. The molecule has 1 amide bonds. The first kappa shape index (κ1) is 29.0. The van der Waals surface area contributed by atoms with Crippen molar-refractivity contribution in [1.82, 2.24) is 9.88 Å². The van der Waals surface area contributed by atoms with Gasteiger partial charge in [-0.1, -0.05) is 32.9 Å². The first-order chi connectivity index (χ1) is 17.7. The van der Waals surface area contributed by atoms with E-state index in [-0.39, 0.29) is 53.7 Å². The molecule has 2 aliphatic rings. The largest absolute Gasteiger partial charge is 0.417 e. The predicted molar refractivity (Wildman–Crippen MR) is 140 cm³/mol. The SMILES string of the molecule is CCS(=O)(=O)c1ccc(CC(=O)Nc2nc3c(s2)CN(CC2CCC(O)(C(F)(F)F)CC2)[C@H]3C(C)C)cc1. The minimum Gasteiger partial charge on any atom is -0.380 e. The average Bonchev–Trinajstić information content (AvgIpc) is 3.36. The Morgan fingerprint density at radius 1 is 1.24 bits per heavy atom. The summed E-state index contributed by atoms with van der Waals surface area (Å²) >= 11 is 1.41. The maximum atomic E-state index is 13.2. The zero-order valence-corrected chi connectivity index (χ0v) is 23.3. The molecule has 1 saturated carbocycles. The number of alkyl halides is 3. The quantitative estimate of drug-likeness (QED) is 0.455. The molecule has 0 unspecified atom stereocenters. The molecule has 1 aromatic heterocycles. The first-order valence-electron chi connectivity index (χ1n) is 12.9. The number of carbonyl (C=O) groups excluding carboxylic acids is 1. The van der Waals surface area contributed by atoms with E-state index in [0.29, 0.717) is 36.6 Å². The predicted octanol–water partition coefficient (Wildman–Crippen LogP) is 5.11. The molecule has 0 saturated heterocycles. The van der Waals surface area contributed by atoms with Crippen molar-refractivity contribution in [3.63, 3.8) is 0 Å². The van der Waals surface area contributed by atoms with Gasteiger partial charge in [0.25, 0.3) is 0 Å². The fraction of sp³-hybridized carbons (Fsp3) is 0.615. The Labute approximate surface area is 225 Å². The Bertz CT molecular complexity index is 1250. The number of nitrogens with zero attached hydrogens (tertiary/aromatic N) is 2. The number of hydrogen-bond donors (Lipinski definition) is 2. The summed E-state index contributed by atoms with van der Waals surface area (Å²) in [4.78, 5) is 20.9. The van der Waals surface area contributed by atoms with Gasteiger partial charge in [-0.15, -0.1) is 11.3 Å². The van der Waals surface area contributed by atoms with Gasteiger partial charge in [-0.2, -0.15) is 13.2 Å². The van der Waals surface area contributed by atoms with Gasteiger partial charge >= 0.3 is 6.18 Å². The average molecular weight is 574 g/mol. The Kier molecular flexibility index (Phi) is 8.28. The number of rotatable bonds is 8. The number of nitrogens with one attached hydrogen (secondary N) is 1. The lowest BCUT2D eigenvalue weighted by Crippen LogP contribution is -2.48. The number of sulfone groups is 1. The lowest BCUT2D eigenvalue weighted by atomic mass is 9.78. The van der Waals surface area contributed by atoms with Gasteiger partial charge in [-0.05, 0) is 55.2 Å². The van der Waals surface area contributed by atoms with Crippen LogP contribution in [0.2, 0.25) is 0 Å². The highest BCUT2D eigenvalue weighted by atomic mass is 32.2. The van der Waals surface area contributed by atoms with Gasteiger partial charge in [0, 0.05) is 18.0 Å². The number of thiazole rings is 1. The number of fused-ring (bicyclic) bond motifs is 1. The second-order valence-corrected chi connectivity index (χ2v) is 14.1. The smallest absolute Gasteiger partial charge is 0.380 e. The number of amides is 1. The second kappa shape index (κ2) is 10.9. The van der Waals surface area contributed by atoms with Gasteiger partial charge in [-0.25, -0.2) is 13.4 Å². The third kappa shape index (κ3) is 6.08. The van der Waals surface area contributed by atoms with Crippen LogP contribution in [-0.2, 0) is 27.6 Å². The molecule has 1 atom stereocenters. The zero-order chi connectivity index (χ0) is 27.9. The van der Waals surface area contributed by atoms with E-state index < -0.39 is 21.6 Å². The van der Waals surface area contributed by atoms with Crippen molar-refractivity contribution in [1.29, 1.82) is 0 Å². The molecule has 12 heteroatoms. The van der Waals surface area contributed by atoms with Crippen molar-refractivity contribution >= 4 is 32.2 Å². The van der Waals surface area contributed by atoms with E-state index in [1.807, 2.05) is 0 Å². The molecule has 2 heterocycles. The molecule has 38 heavy (non-hydrogen) atoms. The van der Waals surface area contributed by atoms with Crippen molar-refractivity contribution in [3.8, 4) is 0 Å². The van der Waals surface area contributed by atoms with Crippen LogP contribution in [0.5, 0.6) is 0 Å². The molecule has 4 rings (SSSR count). The summed E-state index contributed by atoms with van der Waals surface area (Å²) in [6.07, 6.45) is -4.40. The van der Waals surface area contributed by atoms with Crippen LogP contribution in [-0.4, -0.2) is 53.4 Å². The standard InChI is InChI=1S/C26H34F3N3O4S2/c1-4-38(35,36)19-7-5-17(6-8-19)13-21(33)30-24-31-22-20(37-24)15-32(23(22)16(2)3)14-18-9-11-25(34,12-10-18)26(27,28)29/h5-8,16,18,23,34H,4,9-15H2,1-3H3,(H,30,31,33)/t18?,23-,25?/m0/s1. The van der Waals surface area contributed by atoms with Crippen LogP contribution in [0.1, 0.15) is 68.6 Å². The number of anilines is 1. The summed E-state index contributed by atoms with van der Waals surface area (Å²) < 4.78 is 63.4. The molecule has 0 radical (unpaired) electrons. The van der Waals surface area contributed by atoms with Crippen LogP contribution < -0.4 is 5.32 Å². The van der Waals surface area contributed by atoms with Crippen LogP contribution in [0.15, 0.2) is 29.2 Å². The lowest BCUT2D eigenvalue weighted by Gasteiger charge is -2.39. The van der Waals surface area contributed by atoms with Crippen molar-refractivity contribution in [2.24, 2.45) is 11.8 Å². The molecular weight excluding hydrogens is 539 g/mol. The molecule has 0 bridgehead atoms. The second-order valence-electron chi connectivity index (χ2n) is 10.7. The van der Waals surface area contributed by atoms with Gasteiger partial charge in [0.15, 0.2) is 20.6 Å². The van der Waals surface area contributed by atoms with E-state index in [0.717, 1.165) is 10.6 Å². The van der Waals surface area contributed by atoms with Crippen molar-refractivity contribution in [2.75, 3.05) is 17.6 Å². The molecule has 1 aromatic carbocycles. The minimum atomic E-state index is -4.60. The fourth-order valence-corrected chi connectivity index (χ4v) is 7.34. The van der Waals surface area contributed by atoms with Crippen molar-refractivity contribution in [2.45, 2.75) is 82.1 Å². The third-order valence-electron chi connectivity index (χ3n) is 7.61. The fourth-order valence-electron chi connectivity index (χ4n) is 5.42. The van der Waals surface area contributed by atoms with Gasteiger partial charge in [0.2, 0.25) is 5.91 Å². The van der Waals surface area contributed by atoms with E-state index in [1.165, 1.54) is 23.5 Å². The van der Waals surface area contributed by atoms with Crippen molar-refractivity contribution in [3.05, 3.63) is 40.4 Å². The Morgan fingerprint density at radius 2 is 1.87 bits per heavy atom. The number of halogens is 3. The van der Waals surface area contributed by atoms with E-state index in [9.17, 15) is 31.5 Å². The summed E-state index contributed by atoms with van der Waals surface area (Å²) in [5, 5.41) is 13.3. The highest BCUT2D eigenvalue weighted by molar-refractivity contribution is 7.91. The molecule has 2 aromatic rings. The summed E-state index contributed by atoms with van der Waals surface area (Å²) in [5.41, 5.74) is -0.983. The topological polar surface area (TPSA) is 99.6 Å². The Morgan fingerprint density at radius 3 is 2.42 bits per heavy atom. The molecule has 1 aliphatic carbocycles. The molecule has 2 N–H and O–H groups in total. The number of carbonyl (C=O) groups is 1. The van der Waals surface area contributed by atoms with Crippen LogP contribution in [0.3, 0.4) is 0 Å². The van der Waals surface area contributed by atoms with Gasteiger partial charge in [0.1, 0.15) is 0 Å². The molecular formula is C26H34F3N3O4S2. The molecule has 7 nitrogen and oxygen atoms in total. The third-order valence-corrected chi connectivity index (χ3v) is 10.3.